The minimum Gasteiger partial charge on any atom is -0.369 e. The maximum Gasteiger partial charge on any atom is 0.261 e. The van der Waals surface area contributed by atoms with Crippen LogP contribution >= 0.6 is 23.2 Å². The molecule has 1 saturated heterocycles. The number of rotatable bonds is 4. The number of carbonyl (C=O) groups is 2. The van der Waals surface area contributed by atoms with Crippen molar-refractivity contribution in [3.05, 3.63) is 63.1 Å². The monoisotopic (exact) mass is 581 g/mol. The van der Waals surface area contributed by atoms with Crippen LogP contribution in [0.2, 0.25) is 10.0 Å². The highest BCUT2D eigenvalue weighted by molar-refractivity contribution is 6.35. The zero-order chi connectivity index (χ0) is 28.5. The largest absolute Gasteiger partial charge is 0.369 e. The molecule has 2 heterocycles. The van der Waals surface area contributed by atoms with Gasteiger partial charge in [-0.05, 0) is 78.8 Å². The summed E-state index contributed by atoms with van der Waals surface area (Å²) in [7, 11) is 0. The summed E-state index contributed by atoms with van der Waals surface area (Å²) in [5.74, 6) is 2.09. The third-order valence-electron chi connectivity index (χ3n) is 10.3. The van der Waals surface area contributed by atoms with Gasteiger partial charge in [-0.2, -0.15) is 0 Å². The first-order valence-corrected chi connectivity index (χ1v) is 15.0. The van der Waals surface area contributed by atoms with Crippen LogP contribution in [0.25, 0.3) is 0 Å². The summed E-state index contributed by atoms with van der Waals surface area (Å²) < 4.78 is 0. The number of aliphatic imine (C=N–C) groups is 1. The maximum absolute atomic E-state index is 13.2. The van der Waals surface area contributed by atoms with E-state index in [1.54, 1.807) is 36.4 Å². The lowest BCUT2D eigenvalue weighted by atomic mass is 9.44. The second-order valence-corrected chi connectivity index (χ2v) is 13.5. The first-order chi connectivity index (χ1) is 19.0. The predicted molar refractivity (Wildman–Crippen MR) is 159 cm³/mol. The first kappa shape index (κ1) is 27.6. The lowest BCUT2D eigenvalue weighted by Crippen LogP contribution is -2.65. The molecule has 2 aromatic carbocycles. The van der Waals surface area contributed by atoms with Crippen molar-refractivity contribution >= 4 is 46.7 Å². The molecule has 0 unspecified atom stereocenters. The third kappa shape index (κ3) is 4.50. The fourth-order valence-corrected chi connectivity index (χ4v) is 8.22. The van der Waals surface area contributed by atoms with Crippen LogP contribution in [0.15, 0.2) is 41.4 Å². The number of carbonyl (C=O) groups excluding carboxylic acids is 2. The van der Waals surface area contributed by atoms with E-state index < -0.39 is 0 Å². The average molecular weight is 583 g/mol. The van der Waals surface area contributed by atoms with Gasteiger partial charge in [-0.25, -0.2) is 4.99 Å². The topological polar surface area (TPSA) is 82.2 Å². The SMILES string of the molecule is C[C@H]1[C@@H](N2CCN(C(N)=Nc3ccc4c(c3)C(=O)N(Cc3ccc(Cl)cc3Cl)C4=O)C[C@@H]2C)C[C@@H]2C[C@@H]1C2(C)C. The van der Waals surface area contributed by atoms with Crippen molar-refractivity contribution in [2.75, 3.05) is 19.6 Å². The van der Waals surface area contributed by atoms with Crippen molar-refractivity contribution in [2.24, 2.45) is 33.9 Å². The van der Waals surface area contributed by atoms with E-state index in [-0.39, 0.29) is 18.4 Å². The Hall–Kier alpha value is -2.61. The normalized spacial score (nSPS) is 29.9. The molecule has 7 nitrogen and oxygen atoms in total. The van der Waals surface area contributed by atoms with Gasteiger partial charge in [0, 0.05) is 41.8 Å². The van der Waals surface area contributed by atoms with Gasteiger partial charge in [0.05, 0.1) is 23.4 Å². The van der Waals surface area contributed by atoms with Crippen LogP contribution in [0.5, 0.6) is 0 Å². The molecule has 2 aromatic rings. The van der Waals surface area contributed by atoms with E-state index in [1.807, 2.05) is 0 Å². The van der Waals surface area contributed by atoms with Crippen LogP contribution < -0.4 is 5.73 Å². The number of fused-ring (bicyclic) bond motifs is 3. The van der Waals surface area contributed by atoms with Crippen molar-refractivity contribution in [1.29, 1.82) is 0 Å². The number of benzene rings is 2. The summed E-state index contributed by atoms with van der Waals surface area (Å²) in [6.07, 6.45) is 2.68. The summed E-state index contributed by atoms with van der Waals surface area (Å²) in [6.45, 7) is 12.3. The molecule has 2 bridgehead atoms. The van der Waals surface area contributed by atoms with Crippen LogP contribution in [0, 0.1) is 23.2 Å². The molecule has 3 saturated carbocycles. The Morgan fingerprint density at radius 1 is 1.02 bits per heavy atom. The molecule has 2 aliphatic heterocycles. The van der Waals surface area contributed by atoms with Crippen molar-refractivity contribution in [3.8, 4) is 0 Å². The van der Waals surface area contributed by atoms with Gasteiger partial charge in [-0.15, -0.1) is 0 Å². The highest BCUT2D eigenvalue weighted by Crippen LogP contribution is 2.62. The molecule has 0 radical (unpaired) electrons. The van der Waals surface area contributed by atoms with E-state index in [2.05, 4.69) is 42.5 Å². The highest BCUT2D eigenvalue weighted by atomic mass is 35.5. The molecule has 9 heteroatoms. The van der Waals surface area contributed by atoms with Crippen molar-refractivity contribution in [3.63, 3.8) is 0 Å². The Labute approximate surface area is 246 Å². The highest BCUT2D eigenvalue weighted by Gasteiger charge is 2.57. The van der Waals surface area contributed by atoms with Gasteiger partial charge >= 0.3 is 0 Å². The smallest absolute Gasteiger partial charge is 0.261 e. The molecule has 2 N–H and O–H groups in total. The number of hydrogen-bond acceptors (Lipinski definition) is 4. The third-order valence-corrected chi connectivity index (χ3v) is 10.9. The summed E-state index contributed by atoms with van der Waals surface area (Å²) in [5, 5.41) is 0.908. The molecule has 5 aliphatic rings. The number of hydrogen-bond donors (Lipinski definition) is 1. The Morgan fingerprint density at radius 2 is 1.77 bits per heavy atom. The van der Waals surface area contributed by atoms with E-state index in [9.17, 15) is 9.59 Å². The quantitative estimate of drug-likeness (QED) is 0.280. The first-order valence-electron chi connectivity index (χ1n) is 14.2. The molecular weight excluding hydrogens is 545 g/mol. The molecule has 40 heavy (non-hydrogen) atoms. The van der Waals surface area contributed by atoms with Crippen LogP contribution in [0.1, 0.15) is 66.8 Å². The zero-order valence-corrected chi connectivity index (χ0v) is 25.0. The van der Waals surface area contributed by atoms with Crippen LogP contribution in [-0.2, 0) is 6.54 Å². The maximum atomic E-state index is 13.2. The molecule has 5 atom stereocenters. The molecule has 2 amide bonds. The second kappa shape index (κ2) is 10.0. The average Bonchev–Trinajstić information content (AvgIpc) is 3.14. The predicted octanol–water partition coefficient (Wildman–Crippen LogP) is 5.81. The van der Waals surface area contributed by atoms with Gasteiger partial charge in [-0.1, -0.05) is 50.0 Å². The van der Waals surface area contributed by atoms with Gasteiger partial charge in [0.25, 0.3) is 11.8 Å². The number of halogens is 2. The number of piperazine rings is 1. The Morgan fingerprint density at radius 3 is 2.45 bits per heavy atom. The van der Waals surface area contributed by atoms with Gasteiger partial charge in [0.1, 0.15) is 0 Å². The standard InChI is InChI=1S/C31H37Cl2N5O2/c1-17-15-36(9-10-37(17)27-12-20-11-25(18(27)2)31(20,3)4)30(34)35-22-7-8-23-24(14-22)29(40)38(28(23)39)16-19-5-6-21(32)13-26(19)33/h5-8,13-14,17-18,20,25,27H,9-12,15-16H2,1-4H3,(H2,34,35)/t17-,18+,20-,25-,27-/m0/s1. The number of nitrogens with zero attached hydrogens (tertiary/aromatic N) is 4. The Kier molecular flexibility index (Phi) is 6.91. The van der Waals surface area contributed by atoms with Gasteiger partial charge in [0.15, 0.2) is 5.96 Å². The van der Waals surface area contributed by atoms with E-state index in [1.165, 1.54) is 17.7 Å². The van der Waals surface area contributed by atoms with Crippen LogP contribution in [0.3, 0.4) is 0 Å². The summed E-state index contributed by atoms with van der Waals surface area (Å²) >= 11 is 12.3. The molecule has 212 valence electrons. The molecule has 0 spiro atoms. The summed E-state index contributed by atoms with van der Waals surface area (Å²) in [6, 6.07) is 11.1. The minimum atomic E-state index is -0.369. The number of guanidine groups is 1. The lowest BCUT2D eigenvalue weighted by molar-refractivity contribution is -0.147. The van der Waals surface area contributed by atoms with E-state index in [0.29, 0.717) is 61.8 Å². The van der Waals surface area contributed by atoms with Gasteiger partial charge < -0.3 is 10.6 Å². The molecular formula is C31H37Cl2N5O2. The van der Waals surface area contributed by atoms with Gasteiger partial charge in [0.2, 0.25) is 0 Å². The minimum absolute atomic E-state index is 0.0733. The lowest BCUT2D eigenvalue weighted by Gasteiger charge is -2.64. The Bertz CT molecular complexity index is 1410. The molecule has 3 aliphatic carbocycles. The zero-order valence-electron chi connectivity index (χ0n) is 23.5. The molecule has 7 rings (SSSR count). The Balaban J connectivity index is 1.13. The summed E-state index contributed by atoms with van der Waals surface area (Å²) in [4.78, 5) is 36.9. The van der Waals surface area contributed by atoms with Crippen molar-refractivity contribution < 1.29 is 9.59 Å². The van der Waals surface area contributed by atoms with E-state index >= 15 is 0 Å². The molecule has 0 aromatic heterocycles. The number of nitrogens with two attached hydrogens (primary N) is 1. The van der Waals surface area contributed by atoms with Crippen LogP contribution in [0.4, 0.5) is 5.69 Å². The van der Waals surface area contributed by atoms with E-state index in [0.717, 1.165) is 31.5 Å². The van der Waals surface area contributed by atoms with E-state index in [4.69, 9.17) is 28.9 Å². The fourth-order valence-electron chi connectivity index (χ4n) is 7.75. The van der Waals surface area contributed by atoms with Crippen LogP contribution in [-0.4, -0.2) is 64.2 Å². The number of amides is 2. The van der Waals surface area contributed by atoms with Crippen molar-refractivity contribution in [1.82, 2.24) is 14.7 Å². The fraction of sp³-hybridized carbons (Fsp3) is 0.516. The van der Waals surface area contributed by atoms with Gasteiger partial charge in [-0.3, -0.25) is 19.4 Å². The summed E-state index contributed by atoms with van der Waals surface area (Å²) in [5.41, 5.74) is 8.88. The van der Waals surface area contributed by atoms with Crippen molar-refractivity contribution in [2.45, 2.75) is 59.2 Å². The molecule has 4 fully saturated rings. The number of imide groups is 1. The second-order valence-electron chi connectivity index (χ2n) is 12.7.